The third kappa shape index (κ3) is 2.75. The Morgan fingerprint density at radius 1 is 1.59 bits per heavy atom. The number of anilines is 1. The van der Waals surface area contributed by atoms with Crippen LogP contribution >= 0.6 is 0 Å². The van der Waals surface area contributed by atoms with Crippen LogP contribution in [0.15, 0.2) is 18.2 Å². The molecule has 5 nitrogen and oxygen atoms in total. The average Bonchev–Trinajstić information content (AvgIpc) is 2.49. The zero-order valence-corrected chi connectivity index (χ0v) is 9.69. The molecule has 17 heavy (non-hydrogen) atoms. The SMILES string of the molecule is CNCC(O)c1ccc2c(c1)NC(=O)CCO2. The number of ether oxygens (including phenoxy) is 1. The lowest BCUT2D eigenvalue weighted by molar-refractivity contribution is -0.116. The summed E-state index contributed by atoms with van der Waals surface area (Å²) in [5.74, 6) is 0.584. The summed E-state index contributed by atoms with van der Waals surface area (Å²) in [4.78, 5) is 11.4. The Labute approximate surface area is 99.8 Å². The topological polar surface area (TPSA) is 70.6 Å². The van der Waals surface area contributed by atoms with Gasteiger partial charge in [0.25, 0.3) is 0 Å². The first kappa shape index (κ1) is 11.9. The highest BCUT2D eigenvalue weighted by atomic mass is 16.5. The predicted molar refractivity (Wildman–Crippen MR) is 64.1 cm³/mol. The number of fused-ring (bicyclic) bond motifs is 1. The maximum atomic E-state index is 11.4. The molecular formula is C12H16N2O3. The molecule has 1 unspecified atom stereocenters. The first-order valence-corrected chi connectivity index (χ1v) is 5.60. The number of aliphatic hydroxyl groups is 1. The van der Waals surface area contributed by atoms with Crippen molar-refractivity contribution in [3.05, 3.63) is 23.8 Å². The zero-order valence-electron chi connectivity index (χ0n) is 9.69. The number of benzene rings is 1. The standard InChI is InChI=1S/C12H16N2O3/c1-13-7-10(15)8-2-3-11-9(6-8)14-12(16)4-5-17-11/h2-3,6,10,13,15H,4-5,7H2,1H3,(H,14,16). The van der Waals surface area contributed by atoms with Crippen LogP contribution in [-0.2, 0) is 4.79 Å². The number of likely N-dealkylation sites (N-methyl/N-ethyl adjacent to an activating group) is 1. The van der Waals surface area contributed by atoms with E-state index in [-0.39, 0.29) is 5.91 Å². The third-order valence-electron chi connectivity index (χ3n) is 2.65. The number of hydrogen-bond acceptors (Lipinski definition) is 4. The molecule has 1 aliphatic heterocycles. The fourth-order valence-electron chi connectivity index (χ4n) is 1.76. The van der Waals surface area contributed by atoms with Crippen LogP contribution in [0.1, 0.15) is 18.1 Å². The van der Waals surface area contributed by atoms with Gasteiger partial charge in [-0.15, -0.1) is 0 Å². The van der Waals surface area contributed by atoms with Gasteiger partial charge in [-0.2, -0.15) is 0 Å². The second-order valence-electron chi connectivity index (χ2n) is 3.98. The van der Waals surface area contributed by atoms with Gasteiger partial charge < -0.3 is 20.5 Å². The lowest BCUT2D eigenvalue weighted by Crippen LogP contribution is -2.17. The van der Waals surface area contributed by atoms with Crippen molar-refractivity contribution in [1.29, 1.82) is 0 Å². The lowest BCUT2D eigenvalue weighted by Gasteiger charge is -2.13. The Morgan fingerprint density at radius 2 is 2.41 bits per heavy atom. The minimum atomic E-state index is -0.592. The molecule has 1 aliphatic rings. The Bertz CT molecular complexity index is 420. The molecule has 0 saturated carbocycles. The van der Waals surface area contributed by atoms with Gasteiger partial charge in [-0.25, -0.2) is 0 Å². The van der Waals surface area contributed by atoms with E-state index in [1.807, 2.05) is 0 Å². The summed E-state index contributed by atoms with van der Waals surface area (Å²) in [6.07, 6.45) is -0.242. The maximum Gasteiger partial charge on any atom is 0.227 e. The van der Waals surface area contributed by atoms with Gasteiger partial charge in [-0.05, 0) is 24.7 Å². The number of aliphatic hydroxyl groups excluding tert-OH is 1. The van der Waals surface area contributed by atoms with Gasteiger partial charge in [-0.1, -0.05) is 6.07 Å². The van der Waals surface area contributed by atoms with Gasteiger partial charge in [0.1, 0.15) is 5.75 Å². The summed E-state index contributed by atoms with van der Waals surface area (Å²) in [5.41, 5.74) is 1.38. The average molecular weight is 236 g/mol. The van der Waals surface area contributed by atoms with Crippen molar-refractivity contribution in [3.8, 4) is 5.75 Å². The lowest BCUT2D eigenvalue weighted by atomic mass is 10.1. The molecule has 1 amide bonds. The number of amides is 1. The molecule has 1 aromatic rings. The highest BCUT2D eigenvalue weighted by Gasteiger charge is 2.16. The molecule has 0 saturated heterocycles. The largest absolute Gasteiger partial charge is 0.491 e. The first-order chi connectivity index (χ1) is 8.20. The fourth-order valence-corrected chi connectivity index (χ4v) is 1.76. The van der Waals surface area contributed by atoms with E-state index in [1.165, 1.54) is 0 Å². The van der Waals surface area contributed by atoms with E-state index in [9.17, 15) is 9.90 Å². The van der Waals surface area contributed by atoms with Crippen molar-refractivity contribution >= 4 is 11.6 Å². The molecule has 0 radical (unpaired) electrons. The van der Waals surface area contributed by atoms with Gasteiger partial charge >= 0.3 is 0 Å². The molecule has 1 heterocycles. The summed E-state index contributed by atoms with van der Waals surface area (Å²) in [6, 6.07) is 5.33. The second kappa shape index (κ2) is 5.16. The Morgan fingerprint density at radius 3 is 3.18 bits per heavy atom. The quantitative estimate of drug-likeness (QED) is 0.721. The van der Waals surface area contributed by atoms with E-state index < -0.39 is 6.10 Å². The molecule has 0 aliphatic carbocycles. The molecule has 0 spiro atoms. The van der Waals surface area contributed by atoms with Gasteiger partial charge in [0, 0.05) is 6.54 Å². The number of nitrogens with one attached hydrogen (secondary N) is 2. The third-order valence-corrected chi connectivity index (χ3v) is 2.65. The van der Waals surface area contributed by atoms with Crippen LogP contribution in [0.3, 0.4) is 0 Å². The molecule has 2 rings (SSSR count). The summed E-state index contributed by atoms with van der Waals surface area (Å²) in [7, 11) is 1.78. The normalized spacial score (nSPS) is 16.5. The van der Waals surface area contributed by atoms with Crippen molar-refractivity contribution in [2.75, 3.05) is 25.5 Å². The van der Waals surface area contributed by atoms with E-state index in [0.717, 1.165) is 5.56 Å². The van der Waals surface area contributed by atoms with Crippen molar-refractivity contribution in [1.82, 2.24) is 5.32 Å². The van der Waals surface area contributed by atoms with E-state index in [1.54, 1.807) is 25.2 Å². The van der Waals surface area contributed by atoms with Crippen LogP contribution in [0.25, 0.3) is 0 Å². The van der Waals surface area contributed by atoms with Crippen molar-refractivity contribution < 1.29 is 14.6 Å². The van der Waals surface area contributed by atoms with Gasteiger partial charge in [0.2, 0.25) is 5.91 Å². The van der Waals surface area contributed by atoms with Crippen molar-refractivity contribution in [3.63, 3.8) is 0 Å². The van der Waals surface area contributed by atoms with Gasteiger partial charge in [0.15, 0.2) is 0 Å². The highest BCUT2D eigenvalue weighted by Crippen LogP contribution is 2.30. The van der Waals surface area contributed by atoms with Gasteiger partial charge in [-0.3, -0.25) is 4.79 Å². The van der Waals surface area contributed by atoms with Gasteiger partial charge in [0.05, 0.1) is 24.8 Å². The van der Waals surface area contributed by atoms with E-state index in [2.05, 4.69) is 10.6 Å². The Hall–Kier alpha value is -1.59. The molecule has 5 heteroatoms. The minimum Gasteiger partial charge on any atom is -0.491 e. The Kier molecular flexibility index (Phi) is 3.61. The van der Waals surface area contributed by atoms with Crippen LogP contribution in [0.2, 0.25) is 0 Å². The van der Waals surface area contributed by atoms with Crippen LogP contribution < -0.4 is 15.4 Å². The molecule has 1 atom stereocenters. The van der Waals surface area contributed by atoms with Crippen molar-refractivity contribution in [2.45, 2.75) is 12.5 Å². The van der Waals surface area contributed by atoms with E-state index >= 15 is 0 Å². The second-order valence-corrected chi connectivity index (χ2v) is 3.98. The van der Waals surface area contributed by atoms with Crippen LogP contribution in [0.4, 0.5) is 5.69 Å². The smallest absolute Gasteiger partial charge is 0.227 e. The zero-order chi connectivity index (χ0) is 12.3. The van der Waals surface area contributed by atoms with E-state index in [4.69, 9.17) is 4.74 Å². The molecule has 1 aromatic carbocycles. The fraction of sp³-hybridized carbons (Fsp3) is 0.417. The molecule has 0 bridgehead atoms. The summed E-state index contributed by atoms with van der Waals surface area (Å²) < 4.78 is 5.43. The van der Waals surface area contributed by atoms with Crippen LogP contribution in [0, 0.1) is 0 Å². The van der Waals surface area contributed by atoms with Crippen LogP contribution in [0.5, 0.6) is 5.75 Å². The minimum absolute atomic E-state index is 0.0657. The maximum absolute atomic E-state index is 11.4. The number of rotatable bonds is 3. The van der Waals surface area contributed by atoms with E-state index in [0.29, 0.717) is 31.0 Å². The summed E-state index contributed by atoms with van der Waals surface area (Å²) in [6.45, 7) is 0.852. The Balaban J connectivity index is 2.25. The molecule has 92 valence electrons. The number of hydrogen-bond donors (Lipinski definition) is 3. The molecule has 0 aromatic heterocycles. The monoisotopic (exact) mass is 236 g/mol. The van der Waals surface area contributed by atoms with Crippen molar-refractivity contribution in [2.24, 2.45) is 0 Å². The summed E-state index contributed by atoms with van der Waals surface area (Å²) in [5, 5.41) is 15.5. The summed E-state index contributed by atoms with van der Waals surface area (Å²) >= 11 is 0. The number of carbonyl (C=O) groups excluding carboxylic acids is 1. The molecular weight excluding hydrogens is 220 g/mol. The predicted octanol–water partition coefficient (Wildman–Crippen LogP) is 0.660. The molecule has 3 N–H and O–H groups in total. The number of carbonyl (C=O) groups is 1. The highest BCUT2D eigenvalue weighted by molar-refractivity contribution is 5.93. The first-order valence-electron chi connectivity index (χ1n) is 5.60. The molecule has 0 fully saturated rings. The van der Waals surface area contributed by atoms with Crippen LogP contribution in [-0.4, -0.2) is 31.2 Å².